The van der Waals surface area contributed by atoms with Crippen LogP contribution in [0.5, 0.6) is 0 Å². The Labute approximate surface area is 130 Å². The van der Waals surface area contributed by atoms with Gasteiger partial charge in [-0.1, -0.05) is 49.6 Å². The summed E-state index contributed by atoms with van der Waals surface area (Å²) in [6, 6.07) is 10.8. The third-order valence-corrected chi connectivity index (χ3v) is 5.07. The van der Waals surface area contributed by atoms with Crippen molar-refractivity contribution in [1.29, 1.82) is 0 Å². The maximum Gasteiger partial charge on any atom is 0.329 e. The van der Waals surface area contributed by atoms with Crippen LogP contribution in [0.4, 0.5) is 0 Å². The molecule has 1 fully saturated rings. The zero-order valence-electron chi connectivity index (χ0n) is 12.9. The first kappa shape index (κ1) is 13.8. The van der Waals surface area contributed by atoms with E-state index in [1.165, 1.54) is 24.8 Å². The van der Waals surface area contributed by atoms with Crippen molar-refractivity contribution in [1.82, 2.24) is 14.5 Å². The maximum absolute atomic E-state index is 13.0. The van der Waals surface area contributed by atoms with Gasteiger partial charge in [-0.05, 0) is 12.8 Å². The summed E-state index contributed by atoms with van der Waals surface area (Å²) in [6.07, 6.45) is 6.06. The van der Waals surface area contributed by atoms with Crippen molar-refractivity contribution >= 4 is 0 Å². The van der Waals surface area contributed by atoms with E-state index in [1.54, 1.807) is 0 Å². The fourth-order valence-corrected chi connectivity index (χ4v) is 4.00. The Morgan fingerprint density at radius 2 is 1.82 bits per heavy atom. The highest BCUT2D eigenvalue weighted by Gasteiger charge is 2.27. The Hall–Kier alpha value is -1.81. The molecule has 4 heteroatoms. The molecule has 4 rings (SSSR count). The van der Waals surface area contributed by atoms with Gasteiger partial charge in [-0.3, -0.25) is 9.13 Å². The van der Waals surface area contributed by atoms with E-state index in [0.29, 0.717) is 6.04 Å². The molecule has 4 nitrogen and oxygen atoms in total. The number of imidazole rings is 1. The minimum Gasteiger partial charge on any atom is -0.309 e. The van der Waals surface area contributed by atoms with E-state index in [-0.39, 0.29) is 5.69 Å². The van der Waals surface area contributed by atoms with Crippen molar-refractivity contribution in [3.63, 3.8) is 0 Å². The molecule has 0 atom stereocenters. The quantitative estimate of drug-likeness (QED) is 0.925. The van der Waals surface area contributed by atoms with Gasteiger partial charge in [-0.25, -0.2) is 4.79 Å². The van der Waals surface area contributed by atoms with Crippen LogP contribution in [0.3, 0.4) is 0 Å². The zero-order chi connectivity index (χ0) is 14.9. The molecule has 1 aliphatic carbocycles. The van der Waals surface area contributed by atoms with Crippen LogP contribution < -0.4 is 11.0 Å². The molecule has 0 spiro atoms. The molecule has 1 aliphatic heterocycles. The number of rotatable bonds is 2. The van der Waals surface area contributed by atoms with Crippen molar-refractivity contribution in [2.45, 2.75) is 51.2 Å². The van der Waals surface area contributed by atoms with Gasteiger partial charge in [-0.2, -0.15) is 0 Å². The Morgan fingerprint density at radius 1 is 1.05 bits per heavy atom. The normalized spacial score (nSPS) is 19.1. The molecule has 2 aliphatic rings. The molecule has 116 valence electrons. The highest BCUT2D eigenvalue weighted by Crippen LogP contribution is 2.33. The van der Waals surface area contributed by atoms with E-state index in [0.717, 1.165) is 43.9 Å². The van der Waals surface area contributed by atoms with Crippen LogP contribution >= 0.6 is 0 Å². The molecule has 2 heterocycles. The minimum absolute atomic E-state index is 0.197. The SMILES string of the molecule is O=c1n2c(c(-c3ccccc3)n1C1CCCCC1)CNCC2. The Balaban J connectivity index is 1.92. The van der Waals surface area contributed by atoms with Crippen LogP contribution in [0, 0.1) is 0 Å². The van der Waals surface area contributed by atoms with Crippen molar-refractivity contribution < 1.29 is 0 Å². The maximum atomic E-state index is 13.0. The Morgan fingerprint density at radius 3 is 2.59 bits per heavy atom. The van der Waals surface area contributed by atoms with E-state index in [4.69, 9.17) is 0 Å². The standard InChI is InChI=1S/C18H23N3O/c22-18-20-12-11-19-13-16(20)17(14-7-3-1-4-8-14)21(18)15-9-5-2-6-10-15/h1,3-4,7-8,15,19H,2,5-6,9-13H2. The first-order valence-electron chi connectivity index (χ1n) is 8.46. The lowest BCUT2D eigenvalue weighted by Gasteiger charge is -2.24. The highest BCUT2D eigenvalue weighted by atomic mass is 16.1. The van der Waals surface area contributed by atoms with Gasteiger partial charge in [-0.15, -0.1) is 0 Å². The predicted molar refractivity (Wildman–Crippen MR) is 88.0 cm³/mol. The molecule has 1 aromatic carbocycles. The fraction of sp³-hybridized carbons (Fsp3) is 0.500. The van der Waals surface area contributed by atoms with Crippen molar-refractivity contribution in [2.75, 3.05) is 6.54 Å². The summed E-state index contributed by atoms with van der Waals surface area (Å²) in [4.78, 5) is 13.0. The number of hydrogen-bond donors (Lipinski definition) is 1. The molecular formula is C18H23N3O. The molecule has 0 radical (unpaired) electrons. The van der Waals surface area contributed by atoms with Gasteiger partial charge in [0.2, 0.25) is 0 Å². The van der Waals surface area contributed by atoms with Gasteiger partial charge in [0.1, 0.15) is 0 Å². The molecule has 0 amide bonds. The third kappa shape index (κ3) is 2.22. The van der Waals surface area contributed by atoms with Crippen molar-refractivity contribution in [3.05, 3.63) is 46.5 Å². The largest absolute Gasteiger partial charge is 0.329 e. The first-order chi connectivity index (χ1) is 10.9. The lowest BCUT2D eigenvalue weighted by molar-refractivity contribution is 0.345. The number of aromatic nitrogens is 2. The number of hydrogen-bond acceptors (Lipinski definition) is 2. The number of nitrogens with zero attached hydrogens (tertiary/aromatic N) is 2. The van der Waals surface area contributed by atoms with Crippen LogP contribution in [0.2, 0.25) is 0 Å². The monoisotopic (exact) mass is 297 g/mol. The van der Waals surface area contributed by atoms with Gasteiger partial charge in [0.05, 0.1) is 11.4 Å². The van der Waals surface area contributed by atoms with Crippen LogP contribution in [0.25, 0.3) is 11.3 Å². The topological polar surface area (TPSA) is 39.0 Å². The second-order valence-electron chi connectivity index (χ2n) is 6.43. The van der Waals surface area contributed by atoms with E-state index >= 15 is 0 Å². The molecule has 1 N–H and O–H groups in total. The van der Waals surface area contributed by atoms with E-state index in [1.807, 2.05) is 10.6 Å². The smallest absolute Gasteiger partial charge is 0.309 e. The van der Waals surface area contributed by atoms with Crippen LogP contribution in [0.1, 0.15) is 43.8 Å². The highest BCUT2D eigenvalue weighted by molar-refractivity contribution is 5.63. The minimum atomic E-state index is 0.197. The van der Waals surface area contributed by atoms with Crippen LogP contribution in [-0.4, -0.2) is 15.7 Å². The molecule has 22 heavy (non-hydrogen) atoms. The summed E-state index contributed by atoms with van der Waals surface area (Å²) < 4.78 is 4.10. The summed E-state index contributed by atoms with van der Waals surface area (Å²) in [5.74, 6) is 0. The third-order valence-electron chi connectivity index (χ3n) is 5.07. The average Bonchev–Trinajstić information content (AvgIpc) is 2.90. The summed E-state index contributed by atoms with van der Waals surface area (Å²) in [5.41, 5.74) is 3.67. The number of nitrogens with one attached hydrogen (secondary N) is 1. The van der Waals surface area contributed by atoms with Crippen molar-refractivity contribution in [3.8, 4) is 11.3 Å². The second-order valence-corrected chi connectivity index (χ2v) is 6.43. The summed E-state index contributed by atoms with van der Waals surface area (Å²) in [5, 5.41) is 3.42. The van der Waals surface area contributed by atoms with Gasteiger partial charge in [0.15, 0.2) is 0 Å². The fourth-order valence-electron chi connectivity index (χ4n) is 4.00. The zero-order valence-corrected chi connectivity index (χ0v) is 12.9. The van der Waals surface area contributed by atoms with Gasteiger partial charge < -0.3 is 5.32 Å². The van der Waals surface area contributed by atoms with Gasteiger partial charge in [0.25, 0.3) is 0 Å². The molecule has 1 saturated carbocycles. The molecular weight excluding hydrogens is 274 g/mol. The predicted octanol–water partition coefficient (Wildman–Crippen LogP) is 2.93. The molecule has 0 bridgehead atoms. The second kappa shape index (κ2) is 5.76. The van der Waals surface area contributed by atoms with Crippen molar-refractivity contribution in [2.24, 2.45) is 0 Å². The van der Waals surface area contributed by atoms with Crippen LogP contribution in [0.15, 0.2) is 35.1 Å². The van der Waals surface area contributed by atoms with E-state index in [2.05, 4.69) is 34.1 Å². The lowest BCUT2D eigenvalue weighted by Crippen LogP contribution is -2.35. The first-order valence-corrected chi connectivity index (χ1v) is 8.46. The molecule has 1 aromatic heterocycles. The Bertz CT molecular complexity index is 708. The lowest BCUT2D eigenvalue weighted by atomic mass is 9.94. The van der Waals surface area contributed by atoms with E-state index in [9.17, 15) is 4.79 Å². The van der Waals surface area contributed by atoms with Crippen LogP contribution in [-0.2, 0) is 13.1 Å². The average molecular weight is 297 g/mol. The summed E-state index contributed by atoms with van der Waals surface area (Å²) in [7, 11) is 0. The molecule has 0 saturated heterocycles. The van der Waals surface area contributed by atoms with Gasteiger partial charge in [0, 0.05) is 31.2 Å². The Kier molecular flexibility index (Phi) is 3.62. The van der Waals surface area contributed by atoms with Gasteiger partial charge >= 0.3 is 5.69 Å². The van der Waals surface area contributed by atoms with E-state index < -0.39 is 0 Å². The summed E-state index contributed by atoms with van der Waals surface area (Å²) >= 11 is 0. The molecule has 0 unspecified atom stereocenters. The number of fused-ring (bicyclic) bond motifs is 1. The summed E-state index contributed by atoms with van der Waals surface area (Å²) in [6.45, 7) is 2.46. The number of benzene rings is 1. The molecule has 2 aromatic rings.